The van der Waals surface area contributed by atoms with Crippen molar-refractivity contribution in [2.45, 2.75) is 32.5 Å². The van der Waals surface area contributed by atoms with E-state index in [4.69, 9.17) is 0 Å². The van der Waals surface area contributed by atoms with E-state index in [1.807, 2.05) is 20.8 Å². The summed E-state index contributed by atoms with van der Waals surface area (Å²) in [7, 11) is 0. The molecule has 0 N–H and O–H groups in total. The molecule has 0 aromatic carbocycles. The number of halogens is 3. The van der Waals surface area contributed by atoms with Crippen molar-refractivity contribution in [1.29, 1.82) is 0 Å². The highest BCUT2D eigenvalue weighted by atomic mass is 32.1. The van der Waals surface area contributed by atoms with Crippen molar-refractivity contribution >= 4 is 18.3 Å². The number of hydrogen-bond donors (Lipinski definition) is 0. The highest BCUT2D eigenvalue weighted by molar-refractivity contribution is 7.10. The highest BCUT2D eigenvalue weighted by Crippen LogP contribution is 2.26. The van der Waals surface area contributed by atoms with Crippen LogP contribution in [-0.4, -0.2) is 12.0 Å². The van der Waals surface area contributed by atoms with Gasteiger partial charge in [-0.15, -0.1) is 11.3 Å². The molecule has 1 aromatic rings. The fourth-order valence-corrected chi connectivity index (χ4v) is 2.04. The normalized spacial score (nSPS) is 13.3. The Kier molecular flexibility index (Phi) is 2.95. The molecule has 0 aliphatic heterocycles. The van der Waals surface area contributed by atoms with Gasteiger partial charge in [-0.2, -0.15) is 0 Å². The summed E-state index contributed by atoms with van der Waals surface area (Å²) in [4.78, 5) is 3.98. The minimum absolute atomic E-state index is 0.169. The Labute approximate surface area is 85.4 Å². The first-order valence-electron chi connectivity index (χ1n) is 4.34. The number of thiazole rings is 1. The standard InChI is InChI=1S/C8H12BF3NS/c1-8(2,3)6-5-14-7(13-6)4-9(10,11)12/h5H,4H2,1-3H3/q-1. The fourth-order valence-electron chi connectivity index (χ4n) is 0.947. The van der Waals surface area contributed by atoms with Gasteiger partial charge in [0.1, 0.15) is 0 Å². The average Bonchev–Trinajstić information content (AvgIpc) is 2.29. The van der Waals surface area contributed by atoms with Gasteiger partial charge in [-0.25, -0.2) is 4.98 Å². The number of aromatic nitrogens is 1. The Morgan fingerprint density at radius 3 is 2.29 bits per heavy atom. The van der Waals surface area contributed by atoms with Crippen LogP contribution >= 0.6 is 11.3 Å². The molecule has 0 bridgehead atoms. The SMILES string of the molecule is CC(C)(C)c1csc(C[B-](F)(F)F)n1. The molecule has 0 fully saturated rings. The van der Waals surface area contributed by atoms with E-state index in [9.17, 15) is 12.9 Å². The monoisotopic (exact) mass is 222 g/mol. The largest absolute Gasteiger partial charge is 0.484 e. The Morgan fingerprint density at radius 1 is 1.36 bits per heavy atom. The lowest BCUT2D eigenvalue weighted by Crippen LogP contribution is -2.19. The zero-order valence-corrected chi connectivity index (χ0v) is 9.17. The molecular weight excluding hydrogens is 210 g/mol. The van der Waals surface area contributed by atoms with Gasteiger partial charge in [-0.1, -0.05) is 20.8 Å². The summed E-state index contributed by atoms with van der Waals surface area (Å²) < 4.78 is 36.2. The average molecular weight is 222 g/mol. The lowest BCUT2D eigenvalue weighted by Gasteiger charge is -2.15. The van der Waals surface area contributed by atoms with Gasteiger partial charge in [-0.05, 0) is 6.32 Å². The topological polar surface area (TPSA) is 12.9 Å². The van der Waals surface area contributed by atoms with Crippen molar-refractivity contribution in [3.63, 3.8) is 0 Å². The van der Waals surface area contributed by atoms with Gasteiger partial charge >= 0.3 is 6.98 Å². The van der Waals surface area contributed by atoms with Crippen LogP contribution in [0.2, 0.25) is 0 Å². The lowest BCUT2D eigenvalue weighted by molar-refractivity contribution is 0.467. The summed E-state index contributed by atoms with van der Waals surface area (Å²) >= 11 is 1.09. The molecule has 0 saturated heterocycles. The fraction of sp³-hybridized carbons (Fsp3) is 0.625. The quantitative estimate of drug-likeness (QED) is 0.699. The van der Waals surface area contributed by atoms with Crippen molar-refractivity contribution in [1.82, 2.24) is 4.98 Å². The molecule has 1 aromatic heterocycles. The molecule has 0 aliphatic carbocycles. The zero-order chi connectivity index (χ0) is 11.0. The molecule has 1 heterocycles. The van der Waals surface area contributed by atoms with E-state index >= 15 is 0 Å². The van der Waals surface area contributed by atoms with Gasteiger partial charge in [0.2, 0.25) is 0 Å². The van der Waals surface area contributed by atoms with Crippen LogP contribution in [0.4, 0.5) is 12.9 Å². The van der Waals surface area contributed by atoms with E-state index < -0.39 is 13.3 Å². The molecule has 6 heteroatoms. The molecular formula is C8H12BF3NS-. The first-order chi connectivity index (χ1) is 6.18. The maximum atomic E-state index is 12.1. The highest BCUT2D eigenvalue weighted by Gasteiger charge is 2.26. The first-order valence-corrected chi connectivity index (χ1v) is 5.22. The molecule has 80 valence electrons. The summed E-state index contributed by atoms with van der Waals surface area (Å²) in [6, 6.07) is 0. The number of rotatable bonds is 2. The maximum absolute atomic E-state index is 12.1. The van der Waals surface area contributed by atoms with Gasteiger partial charge in [0, 0.05) is 10.8 Å². The second-order valence-electron chi connectivity index (χ2n) is 4.29. The summed E-state index contributed by atoms with van der Waals surface area (Å²) in [5.74, 6) is 0. The molecule has 0 radical (unpaired) electrons. The summed E-state index contributed by atoms with van der Waals surface area (Å²) in [5.41, 5.74) is 0.561. The molecule has 0 aliphatic rings. The molecule has 0 unspecified atom stereocenters. The van der Waals surface area contributed by atoms with Crippen molar-refractivity contribution < 1.29 is 12.9 Å². The van der Waals surface area contributed by atoms with Gasteiger partial charge in [0.15, 0.2) is 0 Å². The Morgan fingerprint density at radius 2 is 1.93 bits per heavy atom. The van der Waals surface area contributed by atoms with E-state index in [0.717, 1.165) is 17.0 Å². The van der Waals surface area contributed by atoms with E-state index in [2.05, 4.69) is 4.98 Å². The molecule has 14 heavy (non-hydrogen) atoms. The maximum Gasteiger partial charge on any atom is 0.484 e. The lowest BCUT2D eigenvalue weighted by atomic mass is 9.87. The van der Waals surface area contributed by atoms with E-state index in [0.29, 0.717) is 0 Å². The van der Waals surface area contributed by atoms with Gasteiger partial charge < -0.3 is 12.9 Å². The Hall–Kier alpha value is -0.515. The molecule has 0 saturated carbocycles. The van der Waals surface area contributed by atoms with Crippen LogP contribution < -0.4 is 0 Å². The second-order valence-corrected chi connectivity index (χ2v) is 5.23. The second kappa shape index (κ2) is 3.57. The number of hydrogen-bond acceptors (Lipinski definition) is 2. The number of nitrogens with zero attached hydrogens (tertiary/aromatic N) is 1. The van der Waals surface area contributed by atoms with Crippen LogP contribution in [0, 0.1) is 0 Å². The summed E-state index contributed by atoms with van der Waals surface area (Å²) in [6.45, 7) is 1.04. The Bertz CT molecular complexity index is 313. The third kappa shape index (κ3) is 3.33. The van der Waals surface area contributed by atoms with Crippen LogP contribution in [0.1, 0.15) is 31.5 Å². The van der Waals surface area contributed by atoms with E-state index in [1.165, 1.54) is 0 Å². The predicted octanol–water partition coefficient (Wildman–Crippen LogP) is 3.37. The van der Waals surface area contributed by atoms with Crippen LogP contribution in [0.3, 0.4) is 0 Å². The van der Waals surface area contributed by atoms with Crippen molar-refractivity contribution in [2.24, 2.45) is 0 Å². The zero-order valence-electron chi connectivity index (χ0n) is 8.35. The third-order valence-electron chi connectivity index (χ3n) is 1.73. The van der Waals surface area contributed by atoms with E-state index in [1.54, 1.807) is 5.38 Å². The smallest absolute Gasteiger partial charge is 0.449 e. The van der Waals surface area contributed by atoms with Crippen LogP contribution in [-0.2, 0) is 11.7 Å². The first kappa shape index (κ1) is 11.6. The summed E-state index contributed by atoms with van der Waals surface area (Å²) in [6.07, 6.45) is -0.860. The van der Waals surface area contributed by atoms with E-state index in [-0.39, 0.29) is 10.4 Å². The third-order valence-corrected chi connectivity index (χ3v) is 2.60. The minimum atomic E-state index is -4.76. The van der Waals surface area contributed by atoms with Crippen LogP contribution in [0.15, 0.2) is 5.38 Å². The van der Waals surface area contributed by atoms with Gasteiger partial charge in [0.25, 0.3) is 0 Å². The minimum Gasteiger partial charge on any atom is -0.449 e. The van der Waals surface area contributed by atoms with Crippen LogP contribution in [0.5, 0.6) is 0 Å². The molecule has 0 spiro atoms. The van der Waals surface area contributed by atoms with Crippen molar-refractivity contribution in [2.75, 3.05) is 0 Å². The molecule has 1 nitrogen and oxygen atoms in total. The van der Waals surface area contributed by atoms with Crippen molar-refractivity contribution in [3.8, 4) is 0 Å². The van der Waals surface area contributed by atoms with Gasteiger partial charge in [0.05, 0.1) is 10.7 Å². The molecule has 1 rings (SSSR count). The molecule has 0 atom stereocenters. The predicted molar refractivity (Wildman–Crippen MR) is 53.6 cm³/mol. The summed E-state index contributed by atoms with van der Waals surface area (Å²) in [5, 5.41) is 1.87. The van der Waals surface area contributed by atoms with Gasteiger partial charge in [-0.3, -0.25) is 0 Å². The van der Waals surface area contributed by atoms with Crippen LogP contribution in [0.25, 0.3) is 0 Å². The Balaban J connectivity index is 2.79. The van der Waals surface area contributed by atoms with Crippen molar-refractivity contribution in [3.05, 3.63) is 16.1 Å². The molecule has 0 amide bonds.